The molecule has 15 rings (SSSR count). The number of primary amides is 1. The molecule has 624 valence electrons. The second kappa shape index (κ2) is 39.7. The summed E-state index contributed by atoms with van der Waals surface area (Å²) in [6.45, 7) is 36.3. The molecular formula is C100H110BrN7O12. The fourth-order valence-corrected chi connectivity index (χ4v) is 17.0. The molecule has 5 heterocycles. The lowest BCUT2D eigenvalue weighted by atomic mass is 9.92. The van der Waals surface area contributed by atoms with E-state index in [9.17, 15) is 54.3 Å². The topological polar surface area (TPSA) is 259 Å². The van der Waals surface area contributed by atoms with E-state index in [-0.39, 0.29) is 94.6 Å². The number of nitrogens with zero attached hydrogens (tertiary/aromatic N) is 6. The number of phenols is 5. The van der Waals surface area contributed by atoms with Gasteiger partial charge >= 0.3 is 0 Å². The highest BCUT2D eigenvalue weighted by Crippen LogP contribution is 2.39. The van der Waals surface area contributed by atoms with E-state index < -0.39 is 5.91 Å². The molecule has 20 heteroatoms. The van der Waals surface area contributed by atoms with Gasteiger partial charge in [0.05, 0.1) is 40.8 Å². The van der Waals surface area contributed by atoms with E-state index in [1.54, 1.807) is 63.1 Å². The van der Waals surface area contributed by atoms with Gasteiger partial charge in [-0.15, -0.1) is 0 Å². The highest BCUT2D eigenvalue weighted by Gasteiger charge is 2.34. The Balaban J connectivity index is 0.000000147. The predicted octanol–water partition coefficient (Wildman–Crippen LogP) is 19.8. The molecule has 0 bridgehead atoms. The average Bonchev–Trinajstić information content (AvgIpc) is 1.53. The standard InChI is InChI=1S/C21H25NO2.C20H22N2O3.C20H20N2O2.C20H23NO3.C19H20BrNO2/c1-4-7-15-10-20(23)19(11-18(15)14(2)3)21(24)22-12-16-8-5-6-9-17(16)13-22;1-12(2)16-9-17(18(23)7-15(16)8-19(21)24)20(25)22-10-13-5-3-4-6-14(13)11-22;1-13(2)17-9-18(19(23)8-16(17)10-21-3)20(24)22-11-14-6-4-5-7-15(14)12-22;1-13(2)17-9-18(19(22)8-16(17)12-24-3)20(23)21-10-14-6-4-5-7-15(14)11-21;1-12(2)16-8-17(18(22)7-15(16)9-20)19(23)21-10-13-5-3-4-6-14(13)11-21/h5-6,8-11,14,23H,4,7,12-13H2,1-3H3;3-7,9,12,23H,8,10-11H2,1-2H3,(H2,21,24);4-9,13,23H,10-12H2,1-2H3;4-9,13,22H,10-12H2,1-3H3;3-8,12,22H,9-11H2,1-2H3. The van der Waals surface area contributed by atoms with E-state index >= 15 is 0 Å². The van der Waals surface area contributed by atoms with Crippen molar-refractivity contribution in [1.82, 2.24) is 24.5 Å². The van der Waals surface area contributed by atoms with Crippen LogP contribution in [0.4, 0.5) is 0 Å². The Morgan fingerprint density at radius 3 is 0.817 bits per heavy atom. The summed E-state index contributed by atoms with van der Waals surface area (Å²) in [5.41, 5.74) is 28.4. The first-order valence-corrected chi connectivity index (χ1v) is 42.3. The smallest absolute Gasteiger partial charge is 0.258 e. The van der Waals surface area contributed by atoms with Gasteiger partial charge in [-0.05, 0) is 202 Å². The quantitative estimate of drug-likeness (QED) is 0.0346. The maximum Gasteiger partial charge on any atom is 0.258 e. The molecule has 5 aliphatic rings. The number of carbonyl (C=O) groups excluding carboxylic acids is 6. The van der Waals surface area contributed by atoms with Crippen molar-refractivity contribution in [3.63, 3.8) is 0 Å². The van der Waals surface area contributed by atoms with Crippen LogP contribution in [-0.4, -0.2) is 92.6 Å². The Morgan fingerprint density at radius 1 is 0.367 bits per heavy atom. The molecule has 0 spiro atoms. The fraction of sp³-hybridized carbons (Fsp3) is 0.330. The van der Waals surface area contributed by atoms with Crippen LogP contribution in [0.2, 0.25) is 0 Å². The summed E-state index contributed by atoms with van der Waals surface area (Å²) in [7, 11) is 1.63. The van der Waals surface area contributed by atoms with E-state index in [0.29, 0.717) is 117 Å². The maximum absolute atomic E-state index is 12.9. The second-order valence-electron chi connectivity index (χ2n) is 33.0. The molecule has 0 atom stereocenters. The van der Waals surface area contributed by atoms with Crippen LogP contribution < -0.4 is 5.73 Å². The number of phenolic OH excluding ortho intramolecular Hbond substituents is 5. The van der Waals surface area contributed by atoms with E-state index in [2.05, 4.69) is 93.5 Å². The van der Waals surface area contributed by atoms with Crippen molar-refractivity contribution in [2.24, 2.45) is 5.73 Å². The number of alkyl halides is 1. The molecule has 0 aliphatic carbocycles. The zero-order valence-corrected chi connectivity index (χ0v) is 72.3. The summed E-state index contributed by atoms with van der Waals surface area (Å²) in [5, 5.41) is 52.4. The minimum atomic E-state index is -0.463. The van der Waals surface area contributed by atoms with Gasteiger partial charge in [0, 0.05) is 83.5 Å². The van der Waals surface area contributed by atoms with Gasteiger partial charge in [0.1, 0.15) is 28.7 Å². The Morgan fingerprint density at radius 2 is 0.583 bits per heavy atom. The molecule has 0 fully saturated rings. The number of nitrogens with two attached hydrogens (primary N) is 1. The predicted molar refractivity (Wildman–Crippen MR) is 472 cm³/mol. The van der Waals surface area contributed by atoms with E-state index in [0.717, 1.165) is 85.2 Å². The number of aryl methyl sites for hydroxylation is 1. The normalized spacial score (nSPS) is 13.3. The van der Waals surface area contributed by atoms with Gasteiger partial charge in [0.2, 0.25) is 12.5 Å². The summed E-state index contributed by atoms with van der Waals surface area (Å²) in [4.78, 5) is 88.1. The van der Waals surface area contributed by atoms with Gasteiger partial charge in [-0.1, -0.05) is 220 Å². The first-order chi connectivity index (χ1) is 57.4. The molecule has 0 radical (unpaired) electrons. The number of benzene rings is 10. The lowest BCUT2D eigenvalue weighted by Gasteiger charge is -2.20. The van der Waals surface area contributed by atoms with Gasteiger partial charge in [-0.3, -0.25) is 28.8 Å². The molecule has 10 aromatic carbocycles. The summed E-state index contributed by atoms with van der Waals surface area (Å²) < 4.78 is 5.21. The second-order valence-corrected chi connectivity index (χ2v) is 33.6. The summed E-state index contributed by atoms with van der Waals surface area (Å²) in [6, 6.07) is 57.5. The van der Waals surface area contributed by atoms with Crippen LogP contribution in [0.1, 0.15) is 275 Å². The number of hydrogen-bond donors (Lipinski definition) is 6. The lowest BCUT2D eigenvalue weighted by Crippen LogP contribution is -2.26. The number of hydrogen-bond acceptors (Lipinski definition) is 12. The van der Waals surface area contributed by atoms with Crippen molar-refractivity contribution in [2.45, 2.75) is 209 Å². The van der Waals surface area contributed by atoms with Crippen molar-refractivity contribution in [3.05, 3.63) is 332 Å². The minimum absolute atomic E-state index is 0.0207. The first-order valence-electron chi connectivity index (χ1n) is 41.2. The minimum Gasteiger partial charge on any atom is -0.507 e. The number of ether oxygens (including phenoxy) is 1. The third kappa shape index (κ3) is 20.6. The van der Waals surface area contributed by atoms with Gasteiger partial charge in [-0.25, -0.2) is 6.57 Å². The van der Waals surface area contributed by atoms with Crippen molar-refractivity contribution < 1.29 is 59.0 Å². The van der Waals surface area contributed by atoms with Gasteiger partial charge in [0.25, 0.3) is 29.5 Å². The third-order valence-corrected chi connectivity index (χ3v) is 23.4. The van der Waals surface area contributed by atoms with E-state index in [1.165, 1.54) is 39.4 Å². The molecule has 19 nitrogen and oxygen atoms in total. The zero-order chi connectivity index (χ0) is 86.5. The van der Waals surface area contributed by atoms with Crippen LogP contribution in [-0.2, 0) is 106 Å². The van der Waals surface area contributed by atoms with Crippen molar-refractivity contribution in [2.75, 3.05) is 7.11 Å². The van der Waals surface area contributed by atoms with Crippen LogP contribution in [0.5, 0.6) is 28.7 Å². The maximum atomic E-state index is 12.9. The van der Waals surface area contributed by atoms with Crippen LogP contribution in [0.15, 0.2) is 182 Å². The van der Waals surface area contributed by atoms with Crippen LogP contribution >= 0.6 is 15.9 Å². The molecule has 10 aromatic rings. The summed E-state index contributed by atoms with van der Waals surface area (Å²) in [6.07, 6.45) is 1.99. The van der Waals surface area contributed by atoms with E-state index in [4.69, 9.17) is 17.0 Å². The van der Waals surface area contributed by atoms with Crippen molar-refractivity contribution in [1.29, 1.82) is 0 Å². The average molecular weight is 1680 g/mol. The Bertz CT molecular complexity index is 5270. The highest BCUT2D eigenvalue weighted by atomic mass is 79.9. The number of methoxy groups -OCH3 is 1. The number of aromatic hydroxyl groups is 5. The van der Waals surface area contributed by atoms with Gasteiger partial charge < -0.3 is 65.3 Å². The molecule has 120 heavy (non-hydrogen) atoms. The Hall–Kier alpha value is -12.1. The molecular weight excluding hydrogens is 1570 g/mol. The summed E-state index contributed by atoms with van der Waals surface area (Å²) >= 11 is 3.45. The molecule has 5 aliphatic heterocycles. The van der Waals surface area contributed by atoms with Crippen molar-refractivity contribution >= 4 is 51.4 Å². The number of halogens is 1. The Kier molecular flexibility index (Phi) is 29.3. The van der Waals surface area contributed by atoms with Crippen molar-refractivity contribution in [3.8, 4) is 28.7 Å². The summed E-state index contributed by atoms with van der Waals surface area (Å²) in [5.74, 6) is 0.0306. The SMILES string of the molecule is CC(C)c1cc(C(=O)N2Cc3ccccc3C2)c(O)cc1CBr.CC(C)c1cc(C(=O)N2Cc3ccccc3C2)c(O)cc1CC(N)=O.CCCc1cc(O)c(C(=O)N2Cc3ccccc3C2)cc1C(C)C.COCc1cc(O)c(C(=O)N2Cc3ccccc3C2)cc1C(C)C.[C-]#[N+]Cc1cc(O)c(C(=O)N2Cc3ccccc3C2)cc1C(C)C. The van der Waals surface area contributed by atoms with Crippen LogP contribution in [0.3, 0.4) is 0 Å². The molecule has 7 N–H and O–H groups in total. The number of fused-ring (bicyclic) bond motifs is 5. The highest BCUT2D eigenvalue weighted by molar-refractivity contribution is 9.08. The first kappa shape index (κ1) is 88.8. The fourth-order valence-electron chi connectivity index (χ4n) is 16.5. The zero-order valence-electron chi connectivity index (χ0n) is 70.8. The molecule has 0 saturated carbocycles. The lowest BCUT2D eigenvalue weighted by molar-refractivity contribution is -0.117. The van der Waals surface area contributed by atoms with E-state index in [1.807, 2.05) is 148 Å². The molecule has 6 amide bonds. The number of carbonyl (C=O) groups is 6. The Labute approximate surface area is 713 Å². The third-order valence-electron chi connectivity index (χ3n) is 22.8. The molecule has 0 unspecified atom stereocenters. The van der Waals surface area contributed by atoms with Crippen LogP contribution in [0, 0.1) is 6.57 Å². The molecule has 0 aromatic heterocycles. The largest absolute Gasteiger partial charge is 0.507 e. The van der Waals surface area contributed by atoms with Gasteiger partial charge in [0.15, 0.2) is 0 Å². The van der Waals surface area contributed by atoms with Gasteiger partial charge in [-0.2, -0.15) is 0 Å². The molecule has 0 saturated heterocycles. The number of rotatable bonds is 18. The number of amides is 6. The monoisotopic (exact) mass is 1680 g/mol. The van der Waals surface area contributed by atoms with Crippen LogP contribution in [0.25, 0.3) is 4.85 Å².